The van der Waals surface area contributed by atoms with Gasteiger partial charge >= 0.3 is 114 Å². The minimum absolute atomic E-state index is 0. The zero-order valence-electron chi connectivity index (χ0n) is 6.60. The van der Waals surface area contributed by atoms with Gasteiger partial charge in [0.2, 0.25) is 0 Å². The number of rotatable bonds is 0. The zero-order chi connectivity index (χ0) is 13.5. The van der Waals surface area contributed by atoms with Crippen molar-refractivity contribution in [3.05, 3.63) is 0 Å². The van der Waals surface area contributed by atoms with Gasteiger partial charge in [-0.3, -0.25) is 0 Å². The van der Waals surface area contributed by atoms with Crippen LogP contribution in [0.5, 0.6) is 0 Å². The van der Waals surface area contributed by atoms with E-state index in [0.717, 1.165) is 0 Å². The van der Waals surface area contributed by atoms with Crippen molar-refractivity contribution < 1.29 is 88.2 Å². The molecular formula is H3BiMn3O12. The van der Waals surface area contributed by atoms with Crippen LogP contribution in [-0.4, -0.2) is 38.8 Å². The van der Waals surface area contributed by atoms with Gasteiger partial charge in [-0.1, -0.05) is 0 Å². The molecule has 0 aromatic heterocycles. The van der Waals surface area contributed by atoms with E-state index in [1.807, 2.05) is 0 Å². The van der Waals surface area contributed by atoms with Crippen molar-refractivity contribution in [3.8, 4) is 0 Å². The van der Waals surface area contributed by atoms with E-state index in [0.29, 0.717) is 0 Å². The molecule has 0 spiro atoms. The van der Waals surface area contributed by atoms with Gasteiger partial charge in [-0.05, 0) is 0 Å². The summed E-state index contributed by atoms with van der Waals surface area (Å²) in [4.78, 5) is 0. The third-order valence-corrected chi connectivity index (χ3v) is 0. The van der Waals surface area contributed by atoms with Gasteiger partial charge in [0, 0.05) is 0 Å². The molecular weight excluding hydrogens is 566 g/mol. The molecule has 0 heterocycles. The van der Waals surface area contributed by atoms with Crippen LogP contribution in [0.15, 0.2) is 0 Å². The summed E-state index contributed by atoms with van der Waals surface area (Å²) in [6.45, 7) is 0. The fourth-order valence-corrected chi connectivity index (χ4v) is 0. The average molecular weight is 569 g/mol. The summed E-state index contributed by atoms with van der Waals surface area (Å²) >= 11 is -16.1. The Labute approximate surface area is 113 Å². The summed E-state index contributed by atoms with van der Waals surface area (Å²) in [5.41, 5.74) is 0. The molecule has 0 aliphatic carbocycles. The van der Waals surface area contributed by atoms with Crippen molar-refractivity contribution in [1.29, 1.82) is 0 Å². The van der Waals surface area contributed by atoms with Gasteiger partial charge < -0.3 is 0 Å². The Kier molecular flexibility index (Phi) is 16.1. The second-order valence-corrected chi connectivity index (χ2v) is 4.90. The molecule has 101 valence electrons. The molecule has 0 bridgehead atoms. The standard InChI is InChI=1S/Bi.3Mn.3H2O.9O/h;;;;3*1H2;;;;;;;;;/q+3;;+1;+2;;;;;;;;;;3*-1/p-3. The molecule has 0 fully saturated rings. The second kappa shape index (κ2) is 9.97. The van der Waals surface area contributed by atoms with Crippen molar-refractivity contribution >= 4 is 26.2 Å². The van der Waals surface area contributed by atoms with Gasteiger partial charge in [-0.25, -0.2) is 0 Å². The fourth-order valence-electron chi connectivity index (χ4n) is 0. The number of hydrogen-bond donors (Lipinski definition) is 3. The molecule has 0 aromatic carbocycles. The van der Waals surface area contributed by atoms with E-state index >= 15 is 0 Å². The van der Waals surface area contributed by atoms with E-state index in [9.17, 15) is 0 Å². The topological polar surface area (TPSA) is 232 Å². The molecule has 3 N–H and O–H groups in total. The van der Waals surface area contributed by atoms with E-state index in [4.69, 9.17) is 48.1 Å². The first kappa shape index (κ1) is 25.8. The molecule has 0 aromatic rings. The molecule has 0 saturated heterocycles. The molecule has 0 unspecified atom stereocenters. The van der Waals surface area contributed by atoms with Crippen LogP contribution in [-0.2, 0) is 63.1 Å². The molecule has 0 amide bonds. The summed E-state index contributed by atoms with van der Waals surface area (Å²) in [5.74, 6) is 0. The summed E-state index contributed by atoms with van der Waals surface area (Å²) in [6, 6.07) is 0. The van der Waals surface area contributed by atoms with Crippen LogP contribution >= 0.6 is 0 Å². The van der Waals surface area contributed by atoms with E-state index in [1.54, 1.807) is 0 Å². The molecule has 2 radical (unpaired) electrons. The van der Waals surface area contributed by atoms with E-state index in [1.165, 1.54) is 0 Å². The Morgan fingerprint density at radius 3 is 0.688 bits per heavy atom. The van der Waals surface area contributed by atoms with Crippen LogP contribution in [0.25, 0.3) is 0 Å². The zero-order valence-corrected chi connectivity index (χ0v) is 13.6. The van der Waals surface area contributed by atoms with Crippen molar-refractivity contribution in [2.45, 2.75) is 0 Å². The first-order chi connectivity index (χ1) is 6.00. The normalized spacial score (nSPS) is 10.9. The van der Waals surface area contributed by atoms with Crippen LogP contribution in [0.1, 0.15) is 0 Å². The van der Waals surface area contributed by atoms with Crippen LogP contribution in [0, 0.1) is 0 Å². The molecule has 0 rings (SSSR count). The van der Waals surface area contributed by atoms with Gasteiger partial charge in [-0.15, -0.1) is 0 Å². The first-order valence-corrected chi connectivity index (χ1v) is 7.82. The molecule has 16 heteroatoms. The monoisotopic (exact) mass is 569 g/mol. The Morgan fingerprint density at radius 1 is 0.688 bits per heavy atom. The Balaban J connectivity index is -0.0000000655. The van der Waals surface area contributed by atoms with E-state index in [2.05, 4.69) is 0 Å². The SMILES string of the molecule is [Bi+3].[O]=[Mn](=[O])([O-])[O-].[O]=[Mn](=[O])([O-])[OH].[O]=[Mn](=[O])([OH])[OH]. The quantitative estimate of drug-likeness (QED) is 0.232. The van der Waals surface area contributed by atoms with E-state index in [-0.39, 0.29) is 26.2 Å². The minimum atomic E-state index is -5.62. The predicted octanol–water partition coefficient (Wildman–Crippen LogP) is -6.34. The maximum absolute atomic E-state index is 8.80. The Morgan fingerprint density at radius 2 is 0.688 bits per heavy atom. The van der Waals surface area contributed by atoms with Crippen molar-refractivity contribution in [2.24, 2.45) is 0 Å². The average Bonchev–Trinajstić information content (AvgIpc) is 1.41. The second-order valence-electron chi connectivity index (χ2n) is 1.19. The third-order valence-electron chi connectivity index (χ3n) is 0. The van der Waals surface area contributed by atoms with Gasteiger partial charge in [0.1, 0.15) is 0 Å². The van der Waals surface area contributed by atoms with Gasteiger partial charge in [0.05, 0.1) is 0 Å². The first-order valence-electron chi connectivity index (χ1n) is 1.90. The molecule has 0 aliphatic heterocycles. The molecule has 0 atom stereocenters. The number of hydrogen-bond acceptors (Lipinski definition) is 9. The predicted molar refractivity (Wildman–Crippen MR) is 16.5 cm³/mol. The van der Waals surface area contributed by atoms with Crippen molar-refractivity contribution in [2.75, 3.05) is 0 Å². The summed E-state index contributed by atoms with van der Waals surface area (Å²) in [6.07, 6.45) is 0. The summed E-state index contributed by atoms with van der Waals surface area (Å²) in [7, 11) is 0. The molecule has 12 nitrogen and oxygen atoms in total. The fraction of sp³-hybridized carbons (Fsp3) is 0. The Bertz CT molecular complexity index is 337. The third kappa shape index (κ3) is 2930. The van der Waals surface area contributed by atoms with Crippen molar-refractivity contribution in [1.82, 2.24) is 0 Å². The van der Waals surface area contributed by atoms with Crippen LogP contribution in [0.2, 0.25) is 0 Å². The summed E-state index contributed by atoms with van der Waals surface area (Å²) in [5, 5.41) is 0. The van der Waals surface area contributed by atoms with Crippen molar-refractivity contribution in [3.63, 3.8) is 0 Å². The van der Waals surface area contributed by atoms with Crippen LogP contribution in [0.3, 0.4) is 0 Å². The summed E-state index contributed by atoms with van der Waals surface area (Å²) < 4.78 is 99.2. The molecule has 0 aliphatic rings. The van der Waals surface area contributed by atoms with Gasteiger partial charge in [0.25, 0.3) is 0 Å². The van der Waals surface area contributed by atoms with Crippen LogP contribution < -0.4 is 12.6 Å². The van der Waals surface area contributed by atoms with Gasteiger partial charge in [-0.2, -0.15) is 0 Å². The molecule has 0 saturated carbocycles. The van der Waals surface area contributed by atoms with Crippen LogP contribution in [0.4, 0.5) is 0 Å². The Hall–Kier alpha value is 1.00. The maximum atomic E-state index is 8.80. The molecule has 16 heavy (non-hydrogen) atoms. The van der Waals surface area contributed by atoms with E-state index < -0.39 is 40.1 Å². The van der Waals surface area contributed by atoms with Gasteiger partial charge in [0.15, 0.2) is 0 Å².